The maximum Gasteiger partial charge on any atom is 0.323 e. The molecule has 1 N–H and O–H groups in total. The fourth-order valence-corrected chi connectivity index (χ4v) is 3.76. The summed E-state index contributed by atoms with van der Waals surface area (Å²) in [6, 6.07) is 11.2. The summed E-state index contributed by atoms with van der Waals surface area (Å²) in [7, 11) is 0. The van der Waals surface area contributed by atoms with E-state index in [-0.39, 0.29) is 4.32 Å². The zero-order valence-electron chi connectivity index (χ0n) is 12.1. The van der Waals surface area contributed by atoms with E-state index in [1.807, 2.05) is 30.3 Å². The number of amides is 1. The van der Waals surface area contributed by atoms with E-state index >= 15 is 0 Å². The molecule has 1 aromatic carbocycles. The van der Waals surface area contributed by atoms with Crippen molar-refractivity contribution in [2.75, 3.05) is 6.54 Å². The Bertz CT molecular complexity index is 874. The maximum atomic E-state index is 12.2. The highest BCUT2D eigenvalue weighted by molar-refractivity contribution is 9.10. The molecule has 24 heavy (non-hydrogen) atoms. The number of furan rings is 1. The number of thioether (sulfide) groups is 1. The number of rotatable bonds is 4. The highest BCUT2D eigenvalue weighted by atomic mass is 79.9. The summed E-state index contributed by atoms with van der Waals surface area (Å²) in [6.07, 6.45) is 1.57. The van der Waals surface area contributed by atoms with E-state index in [2.05, 4.69) is 15.9 Å². The van der Waals surface area contributed by atoms with E-state index in [1.165, 1.54) is 0 Å². The molecule has 0 atom stereocenters. The van der Waals surface area contributed by atoms with Gasteiger partial charge in [0, 0.05) is 16.1 Å². The van der Waals surface area contributed by atoms with Crippen molar-refractivity contribution >= 4 is 62.2 Å². The lowest BCUT2D eigenvalue weighted by Crippen LogP contribution is -2.33. The number of carbonyl (C=O) groups is 2. The monoisotopic (exact) mass is 423 g/mol. The molecule has 1 saturated heterocycles. The van der Waals surface area contributed by atoms with E-state index in [1.54, 1.807) is 12.1 Å². The Kier molecular flexibility index (Phi) is 4.88. The van der Waals surface area contributed by atoms with Crippen molar-refractivity contribution in [1.29, 1.82) is 0 Å². The van der Waals surface area contributed by atoms with Crippen molar-refractivity contribution in [3.8, 4) is 11.3 Å². The van der Waals surface area contributed by atoms with Crippen LogP contribution in [0.15, 0.2) is 50.2 Å². The van der Waals surface area contributed by atoms with Gasteiger partial charge in [-0.25, -0.2) is 0 Å². The van der Waals surface area contributed by atoms with Crippen LogP contribution in [-0.4, -0.2) is 32.7 Å². The highest BCUT2D eigenvalue weighted by Gasteiger charge is 2.33. The van der Waals surface area contributed by atoms with Gasteiger partial charge >= 0.3 is 5.97 Å². The minimum Gasteiger partial charge on any atom is -0.480 e. The molecule has 0 radical (unpaired) electrons. The molecule has 8 heteroatoms. The first-order valence-corrected chi connectivity index (χ1v) is 8.79. The average molecular weight is 424 g/mol. The number of hydrogen-bond donors (Lipinski definition) is 1. The molecule has 1 aliphatic rings. The predicted molar refractivity (Wildman–Crippen MR) is 99.4 cm³/mol. The van der Waals surface area contributed by atoms with Crippen LogP contribution in [0.2, 0.25) is 0 Å². The van der Waals surface area contributed by atoms with Crippen LogP contribution in [0.1, 0.15) is 5.76 Å². The standard InChI is InChI=1S/C16H10BrNO4S2/c17-10-3-1-2-9(6-10)12-5-4-11(22-12)7-13-15(21)18(8-14(19)20)16(23)24-13/h1-7H,8H2,(H,19,20)/b13-7+. The van der Waals surface area contributed by atoms with Crippen LogP contribution in [0.25, 0.3) is 17.4 Å². The molecule has 5 nitrogen and oxygen atoms in total. The van der Waals surface area contributed by atoms with Crippen molar-refractivity contribution in [2.24, 2.45) is 0 Å². The second-order valence-corrected chi connectivity index (χ2v) is 7.47. The molecule has 2 aromatic rings. The Morgan fingerprint density at radius 3 is 2.88 bits per heavy atom. The van der Waals surface area contributed by atoms with Crippen LogP contribution in [0, 0.1) is 0 Å². The quantitative estimate of drug-likeness (QED) is 0.591. The van der Waals surface area contributed by atoms with Crippen LogP contribution in [0.5, 0.6) is 0 Å². The van der Waals surface area contributed by atoms with E-state index in [9.17, 15) is 9.59 Å². The molecule has 1 aromatic heterocycles. The van der Waals surface area contributed by atoms with Crippen molar-refractivity contribution in [3.63, 3.8) is 0 Å². The van der Waals surface area contributed by atoms with Gasteiger partial charge in [-0.1, -0.05) is 52.0 Å². The molecule has 122 valence electrons. The number of hydrogen-bond acceptors (Lipinski definition) is 5. The van der Waals surface area contributed by atoms with Gasteiger partial charge in [-0.3, -0.25) is 14.5 Å². The van der Waals surface area contributed by atoms with Crippen molar-refractivity contribution in [1.82, 2.24) is 4.90 Å². The first-order valence-electron chi connectivity index (χ1n) is 6.77. The van der Waals surface area contributed by atoms with E-state index in [0.717, 1.165) is 26.7 Å². The molecule has 0 spiro atoms. The minimum absolute atomic E-state index is 0.229. The summed E-state index contributed by atoms with van der Waals surface area (Å²) in [5, 5.41) is 8.83. The van der Waals surface area contributed by atoms with Gasteiger partial charge in [0.25, 0.3) is 5.91 Å². The summed E-state index contributed by atoms with van der Waals surface area (Å²) in [6.45, 7) is -0.441. The third-order valence-corrected chi connectivity index (χ3v) is 5.05. The smallest absolute Gasteiger partial charge is 0.323 e. The highest BCUT2D eigenvalue weighted by Crippen LogP contribution is 2.33. The molecular formula is C16H10BrNO4S2. The number of aliphatic carboxylic acids is 1. The average Bonchev–Trinajstić information content (AvgIpc) is 3.08. The normalized spacial score (nSPS) is 16.2. The molecular weight excluding hydrogens is 414 g/mol. The second-order valence-electron chi connectivity index (χ2n) is 4.87. The first kappa shape index (κ1) is 16.9. The van der Waals surface area contributed by atoms with Crippen LogP contribution < -0.4 is 0 Å². The molecule has 2 heterocycles. The number of halogens is 1. The summed E-state index contributed by atoms with van der Waals surface area (Å²) < 4.78 is 6.91. The van der Waals surface area contributed by atoms with Crippen LogP contribution in [0.4, 0.5) is 0 Å². The van der Waals surface area contributed by atoms with Crippen LogP contribution >= 0.6 is 39.9 Å². The van der Waals surface area contributed by atoms with Crippen molar-refractivity contribution in [3.05, 3.63) is 51.5 Å². The van der Waals surface area contributed by atoms with Crippen LogP contribution in [-0.2, 0) is 9.59 Å². The van der Waals surface area contributed by atoms with Gasteiger partial charge in [0.15, 0.2) is 0 Å². The molecule has 3 rings (SSSR count). The van der Waals surface area contributed by atoms with Crippen molar-refractivity contribution < 1.29 is 19.1 Å². The second kappa shape index (κ2) is 6.92. The Labute approximate surface area is 155 Å². The number of benzene rings is 1. The zero-order valence-corrected chi connectivity index (χ0v) is 15.3. The number of nitrogens with zero attached hydrogens (tertiary/aromatic N) is 1. The Balaban J connectivity index is 1.84. The Hall–Kier alpha value is -1.90. The largest absolute Gasteiger partial charge is 0.480 e. The SMILES string of the molecule is O=C(O)CN1C(=O)/C(=C\c2ccc(-c3cccc(Br)c3)o2)SC1=S. The molecule has 1 amide bonds. The predicted octanol–water partition coefficient (Wildman–Crippen LogP) is 3.99. The third-order valence-electron chi connectivity index (χ3n) is 3.18. The number of carbonyl (C=O) groups excluding carboxylic acids is 1. The minimum atomic E-state index is -1.11. The summed E-state index contributed by atoms with van der Waals surface area (Å²) in [4.78, 5) is 24.4. The van der Waals surface area contributed by atoms with E-state index < -0.39 is 18.4 Å². The third kappa shape index (κ3) is 3.61. The first-order chi connectivity index (χ1) is 11.4. The summed E-state index contributed by atoms with van der Waals surface area (Å²) in [5.41, 5.74) is 0.905. The van der Waals surface area contributed by atoms with Crippen LogP contribution in [0.3, 0.4) is 0 Å². The molecule has 0 saturated carbocycles. The zero-order chi connectivity index (χ0) is 17.3. The van der Waals surface area contributed by atoms with Gasteiger partial charge in [0.1, 0.15) is 22.4 Å². The van der Waals surface area contributed by atoms with E-state index in [4.69, 9.17) is 21.7 Å². The van der Waals surface area contributed by atoms with Gasteiger partial charge in [-0.15, -0.1) is 0 Å². The molecule has 1 fully saturated rings. The maximum absolute atomic E-state index is 12.2. The van der Waals surface area contributed by atoms with Gasteiger partial charge < -0.3 is 9.52 Å². The van der Waals surface area contributed by atoms with Gasteiger partial charge in [-0.05, 0) is 24.3 Å². The van der Waals surface area contributed by atoms with E-state index in [0.29, 0.717) is 16.4 Å². The Morgan fingerprint density at radius 2 is 2.17 bits per heavy atom. The summed E-state index contributed by atoms with van der Waals surface area (Å²) >= 11 is 9.53. The van der Waals surface area contributed by atoms with Crippen molar-refractivity contribution in [2.45, 2.75) is 0 Å². The molecule has 0 aliphatic carbocycles. The molecule has 1 aliphatic heterocycles. The van der Waals surface area contributed by atoms with Gasteiger partial charge in [0.2, 0.25) is 0 Å². The van der Waals surface area contributed by atoms with Gasteiger partial charge in [0.05, 0.1) is 4.91 Å². The molecule has 0 unspecified atom stereocenters. The number of carboxylic acids is 1. The fourth-order valence-electron chi connectivity index (χ4n) is 2.13. The lowest BCUT2D eigenvalue weighted by atomic mass is 10.2. The number of carboxylic acid groups (broad SMARTS) is 1. The number of thiocarbonyl (C=S) groups is 1. The van der Waals surface area contributed by atoms with Gasteiger partial charge in [-0.2, -0.15) is 0 Å². The fraction of sp³-hybridized carbons (Fsp3) is 0.0625. The topological polar surface area (TPSA) is 70.8 Å². The molecule has 0 bridgehead atoms. The lowest BCUT2D eigenvalue weighted by Gasteiger charge is -2.09. The Morgan fingerprint density at radius 1 is 1.38 bits per heavy atom. The summed E-state index contributed by atoms with van der Waals surface area (Å²) in [5.74, 6) is -0.361. The lowest BCUT2D eigenvalue weighted by molar-refractivity contribution is -0.140.